The van der Waals surface area contributed by atoms with E-state index in [0.29, 0.717) is 11.3 Å². The molecular formula is C18H16F3N3O2S2. The van der Waals surface area contributed by atoms with Gasteiger partial charge < -0.3 is 0 Å². The van der Waals surface area contributed by atoms with Crippen molar-refractivity contribution in [3.8, 4) is 21.8 Å². The molecule has 2 aromatic heterocycles. The van der Waals surface area contributed by atoms with E-state index < -0.39 is 15.5 Å². The van der Waals surface area contributed by atoms with Gasteiger partial charge in [0.1, 0.15) is 5.01 Å². The van der Waals surface area contributed by atoms with Gasteiger partial charge in [-0.05, 0) is 30.7 Å². The van der Waals surface area contributed by atoms with Crippen LogP contribution < -0.4 is 4.72 Å². The summed E-state index contributed by atoms with van der Waals surface area (Å²) >= 11 is 1.42. The van der Waals surface area contributed by atoms with Gasteiger partial charge in [0.05, 0.1) is 5.69 Å². The van der Waals surface area contributed by atoms with Crippen LogP contribution in [0.3, 0.4) is 0 Å². The highest BCUT2D eigenvalue weighted by molar-refractivity contribution is 7.93. The van der Waals surface area contributed by atoms with Gasteiger partial charge >= 0.3 is 15.5 Å². The summed E-state index contributed by atoms with van der Waals surface area (Å²) in [4.78, 5) is 8.93. The van der Waals surface area contributed by atoms with Crippen molar-refractivity contribution < 1.29 is 21.6 Å². The number of nitrogens with zero attached hydrogens (tertiary/aromatic N) is 2. The summed E-state index contributed by atoms with van der Waals surface area (Å²) < 4.78 is 61.1. The van der Waals surface area contributed by atoms with Crippen molar-refractivity contribution in [3.05, 3.63) is 53.7 Å². The largest absolute Gasteiger partial charge is 0.516 e. The Morgan fingerprint density at radius 3 is 2.32 bits per heavy atom. The van der Waals surface area contributed by atoms with Crippen molar-refractivity contribution in [2.24, 2.45) is 0 Å². The second kappa shape index (κ2) is 7.88. The molecule has 0 atom stereocenters. The smallest absolute Gasteiger partial charge is 0.276 e. The van der Waals surface area contributed by atoms with Crippen molar-refractivity contribution in [1.82, 2.24) is 9.97 Å². The predicted molar refractivity (Wildman–Crippen MR) is 103 cm³/mol. The minimum Gasteiger partial charge on any atom is -0.276 e. The predicted octanol–water partition coefficient (Wildman–Crippen LogP) is 5.09. The molecule has 0 aliphatic carbocycles. The number of aryl methyl sites for hydroxylation is 1. The minimum atomic E-state index is -5.44. The quantitative estimate of drug-likeness (QED) is 0.595. The van der Waals surface area contributed by atoms with E-state index in [1.54, 1.807) is 6.20 Å². The lowest BCUT2D eigenvalue weighted by molar-refractivity contribution is -0.0429. The van der Waals surface area contributed by atoms with Crippen molar-refractivity contribution >= 4 is 27.0 Å². The summed E-state index contributed by atoms with van der Waals surface area (Å²) in [5.74, 6) is 0. The Labute approximate surface area is 164 Å². The van der Waals surface area contributed by atoms with E-state index in [9.17, 15) is 21.6 Å². The van der Waals surface area contributed by atoms with Gasteiger partial charge in [0.15, 0.2) is 0 Å². The van der Waals surface area contributed by atoms with Crippen LogP contribution in [0.1, 0.15) is 19.0 Å². The van der Waals surface area contributed by atoms with Crippen molar-refractivity contribution in [2.45, 2.75) is 25.3 Å². The van der Waals surface area contributed by atoms with E-state index in [0.717, 1.165) is 29.1 Å². The van der Waals surface area contributed by atoms with Gasteiger partial charge in [0.25, 0.3) is 0 Å². The molecule has 0 aliphatic heterocycles. The third-order valence-electron chi connectivity index (χ3n) is 3.82. The first-order chi connectivity index (χ1) is 13.2. The second-order valence-electron chi connectivity index (χ2n) is 5.95. The average molecular weight is 427 g/mol. The highest BCUT2D eigenvalue weighted by Crippen LogP contribution is 2.30. The van der Waals surface area contributed by atoms with Gasteiger partial charge in [0, 0.05) is 34.1 Å². The van der Waals surface area contributed by atoms with Gasteiger partial charge in [0.2, 0.25) is 0 Å². The number of hydrogen-bond acceptors (Lipinski definition) is 5. The zero-order chi connectivity index (χ0) is 20.4. The fourth-order valence-corrected chi connectivity index (χ4v) is 3.80. The minimum absolute atomic E-state index is 0.174. The fraction of sp³-hybridized carbons (Fsp3) is 0.222. The molecule has 3 aromatic rings. The summed E-state index contributed by atoms with van der Waals surface area (Å²) in [5.41, 5.74) is -2.34. The van der Waals surface area contributed by atoms with Gasteiger partial charge in [-0.3, -0.25) is 9.71 Å². The highest BCUT2D eigenvalue weighted by Gasteiger charge is 2.46. The third kappa shape index (κ3) is 4.50. The van der Waals surface area contributed by atoms with Gasteiger partial charge in [-0.2, -0.15) is 21.6 Å². The number of anilines is 1. The summed E-state index contributed by atoms with van der Waals surface area (Å²) in [7, 11) is -5.44. The number of aromatic nitrogens is 2. The number of benzene rings is 1. The number of hydrogen-bond donors (Lipinski definition) is 1. The zero-order valence-corrected chi connectivity index (χ0v) is 16.3. The normalized spacial score (nSPS) is 12.1. The first-order valence-electron chi connectivity index (χ1n) is 8.30. The lowest BCUT2D eigenvalue weighted by Crippen LogP contribution is -2.29. The van der Waals surface area contributed by atoms with Crippen LogP contribution in [0, 0.1) is 0 Å². The number of pyridine rings is 1. The highest BCUT2D eigenvalue weighted by atomic mass is 32.2. The van der Waals surface area contributed by atoms with E-state index in [1.165, 1.54) is 40.3 Å². The molecule has 0 saturated carbocycles. The molecule has 1 N–H and O–H groups in total. The van der Waals surface area contributed by atoms with Gasteiger partial charge in [-0.1, -0.05) is 25.5 Å². The Morgan fingerprint density at radius 2 is 1.75 bits per heavy atom. The molecule has 10 heteroatoms. The van der Waals surface area contributed by atoms with Crippen LogP contribution in [0.5, 0.6) is 0 Å². The SMILES string of the molecule is CCCc1ccc(-c2nc(-c3ccc(NS(=O)(=O)C(F)(F)F)cc3)cs2)cn1. The molecule has 2 heterocycles. The molecule has 5 nitrogen and oxygen atoms in total. The molecule has 1 aromatic carbocycles. The van der Waals surface area contributed by atoms with Crippen LogP contribution in [0.2, 0.25) is 0 Å². The molecule has 28 heavy (non-hydrogen) atoms. The number of sulfonamides is 1. The van der Waals surface area contributed by atoms with Crippen molar-refractivity contribution in [1.29, 1.82) is 0 Å². The molecular weight excluding hydrogens is 411 g/mol. The molecule has 0 amide bonds. The summed E-state index contributed by atoms with van der Waals surface area (Å²) in [6, 6.07) is 9.46. The molecule has 0 unspecified atom stereocenters. The van der Waals surface area contributed by atoms with Crippen molar-refractivity contribution in [3.63, 3.8) is 0 Å². The Balaban J connectivity index is 1.76. The van der Waals surface area contributed by atoms with Gasteiger partial charge in [-0.25, -0.2) is 4.98 Å². The average Bonchev–Trinajstić information content (AvgIpc) is 3.12. The molecule has 148 valence electrons. The third-order valence-corrected chi connectivity index (χ3v) is 5.82. The Kier molecular flexibility index (Phi) is 5.71. The lowest BCUT2D eigenvalue weighted by atomic mass is 10.1. The van der Waals surface area contributed by atoms with Gasteiger partial charge in [-0.15, -0.1) is 11.3 Å². The second-order valence-corrected chi connectivity index (χ2v) is 8.49. The molecule has 0 spiro atoms. The number of halogens is 3. The number of rotatable bonds is 6. The maximum Gasteiger partial charge on any atom is 0.516 e. The Morgan fingerprint density at radius 1 is 1.07 bits per heavy atom. The van der Waals surface area contributed by atoms with E-state index in [1.807, 2.05) is 17.5 Å². The molecule has 0 fully saturated rings. The van der Waals surface area contributed by atoms with E-state index in [-0.39, 0.29) is 5.69 Å². The van der Waals surface area contributed by atoms with E-state index in [2.05, 4.69) is 16.9 Å². The Bertz CT molecular complexity index is 1040. The first-order valence-corrected chi connectivity index (χ1v) is 10.7. The first kappa shape index (κ1) is 20.3. The van der Waals surface area contributed by atoms with E-state index in [4.69, 9.17) is 0 Å². The van der Waals surface area contributed by atoms with E-state index >= 15 is 0 Å². The number of nitrogens with one attached hydrogen (secondary N) is 1. The van der Waals surface area contributed by atoms with Crippen LogP contribution in [0.4, 0.5) is 18.9 Å². The monoisotopic (exact) mass is 427 g/mol. The topological polar surface area (TPSA) is 72.0 Å². The number of thiazole rings is 1. The van der Waals surface area contributed by atoms with Crippen molar-refractivity contribution in [2.75, 3.05) is 4.72 Å². The van der Waals surface area contributed by atoms with Crippen LogP contribution >= 0.6 is 11.3 Å². The summed E-state index contributed by atoms with van der Waals surface area (Å²) in [6.07, 6.45) is 3.69. The van der Waals surface area contributed by atoms with Crippen LogP contribution in [0.15, 0.2) is 48.0 Å². The molecule has 0 bridgehead atoms. The summed E-state index contributed by atoms with van der Waals surface area (Å²) in [5, 5.41) is 2.59. The molecule has 0 aliphatic rings. The van der Waals surface area contributed by atoms with Crippen LogP contribution in [-0.2, 0) is 16.4 Å². The Hall–Kier alpha value is -2.46. The lowest BCUT2D eigenvalue weighted by Gasteiger charge is -2.10. The fourth-order valence-electron chi connectivity index (χ4n) is 2.42. The van der Waals surface area contributed by atoms with Crippen LogP contribution in [0.25, 0.3) is 21.8 Å². The molecule has 3 rings (SSSR count). The van der Waals surface area contributed by atoms with Crippen LogP contribution in [-0.4, -0.2) is 23.9 Å². The summed E-state index contributed by atoms with van der Waals surface area (Å²) in [6.45, 7) is 2.09. The maximum atomic E-state index is 12.4. The molecule has 0 radical (unpaired) electrons. The molecule has 0 saturated heterocycles. The standard InChI is InChI=1S/C18H16F3N3O2S2/c1-2-3-14-7-6-13(10-22-14)17-23-16(11-27-17)12-4-8-15(9-5-12)24-28(25,26)18(19,20)21/h4-11,24H,2-3H2,1H3. The number of alkyl halides is 3. The maximum absolute atomic E-state index is 12.4. The zero-order valence-electron chi connectivity index (χ0n) is 14.7.